The van der Waals surface area contributed by atoms with Crippen molar-refractivity contribution in [3.05, 3.63) is 81.3 Å². The van der Waals surface area contributed by atoms with Gasteiger partial charge in [-0.1, -0.05) is 19.9 Å². The number of halogens is 1. The van der Waals surface area contributed by atoms with Crippen LogP contribution < -0.4 is 9.47 Å². The highest BCUT2D eigenvalue weighted by Crippen LogP contribution is 2.28. The number of amides is 2. The molecule has 0 radical (unpaired) electrons. The Morgan fingerprint density at radius 3 is 2.27 bits per heavy atom. The van der Waals surface area contributed by atoms with Gasteiger partial charge in [-0.2, -0.15) is 0 Å². The first-order valence-electron chi connectivity index (χ1n) is 12.3. The Hall–Kier alpha value is -3.39. The number of hydrogen-bond donors (Lipinski definition) is 0. The monoisotopic (exact) mass is 526 g/mol. The molecule has 0 saturated heterocycles. The van der Waals surface area contributed by atoms with Gasteiger partial charge in [-0.25, -0.2) is 4.39 Å². The van der Waals surface area contributed by atoms with Gasteiger partial charge in [0.05, 0.1) is 20.8 Å². The van der Waals surface area contributed by atoms with E-state index in [9.17, 15) is 14.0 Å². The number of hydrogen-bond acceptors (Lipinski definition) is 5. The molecule has 0 spiro atoms. The fourth-order valence-corrected chi connectivity index (χ4v) is 4.95. The highest BCUT2D eigenvalue weighted by atomic mass is 32.1. The van der Waals surface area contributed by atoms with Gasteiger partial charge in [0, 0.05) is 23.5 Å². The molecule has 3 aromatic rings. The number of carbonyl (C=O) groups excluding carboxylic acids is 2. The molecule has 0 unspecified atom stereocenters. The average molecular weight is 527 g/mol. The molecule has 3 rings (SSSR count). The second kappa shape index (κ2) is 13.2. The minimum absolute atomic E-state index is 0.0508. The predicted octanol–water partition coefficient (Wildman–Crippen LogP) is 5.58. The van der Waals surface area contributed by atoms with E-state index in [1.54, 1.807) is 35.4 Å². The summed E-state index contributed by atoms with van der Waals surface area (Å²) in [7, 11) is 3.19. The van der Waals surface area contributed by atoms with Crippen LogP contribution in [0.4, 0.5) is 4.39 Å². The minimum atomic E-state index is -0.407. The lowest BCUT2D eigenvalue weighted by atomic mass is 10.1. The molecular formula is C29H35FN2O4S. The SMILES string of the molecule is COc1ccc(CCN(Cc2sccc2C)C(=O)CN(CC(C)C)C(=O)c2ccc(F)cc2)cc1OC. The summed E-state index contributed by atoms with van der Waals surface area (Å²) in [5.41, 5.74) is 2.51. The molecule has 0 aliphatic heterocycles. The maximum Gasteiger partial charge on any atom is 0.254 e. The maximum atomic E-state index is 13.6. The third kappa shape index (κ3) is 7.79. The molecule has 1 aromatic heterocycles. The highest BCUT2D eigenvalue weighted by molar-refractivity contribution is 7.10. The van der Waals surface area contributed by atoms with E-state index in [0.29, 0.717) is 43.1 Å². The minimum Gasteiger partial charge on any atom is -0.493 e. The van der Waals surface area contributed by atoms with Crippen LogP contribution in [0.5, 0.6) is 11.5 Å². The Bertz CT molecular complexity index is 1190. The first-order valence-corrected chi connectivity index (χ1v) is 13.2. The van der Waals surface area contributed by atoms with E-state index in [0.717, 1.165) is 16.0 Å². The van der Waals surface area contributed by atoms with Crippen LogP contribution in [0.1, 0.15) is 40.2 Å². The molecule has 2 aromatic carbocycles. The van der Waals surface area contributed by atoms with Crippen LogP contribution in [-0.2, 0) is 17.8 Å². The van der Waals surface area contributed by atoms with E-state index in [1.807, 2.05) is 50.4 Å². The number of benzene rings is 2. The molecular weight excluding hydrogens is 491 g/mol. The molecule has 0 bridgehead atoms. The Labute approximate surface area is 222 Å². The van der Waals surface area contributed by atoms with Crippen molar-refractivity contribution in [2.24, 2.45) is 5.92 Å². The van der Waals surface area contributed by atoms with Crippen molar-refractivity contribution in [1.29, 1.82) is 0 Å². The van der Waals surface area contributed by atoms with Crippen molar-refractivity contribution in [3.63, 3.8) is 0 Å². The molecule has 0 aliphatic rings. The number of methoxy groups -OCH3 is 2. The number of ether oxygens (including phenoxy) is 2. The second-order valence-corrected chi connectivity index (χ2v) is 10.4. The van der Waals surface area contributed by atoms with Gasteiger partial charge in [0.2, 0.25) is 5.91 Å². The zero-order chi connectivity index (χ0) is 26.9. The first-order chi connectivity index (χ1) is 17.7. The molecule has 8 heteroatoms. The molecule has 0 N–H and O–H groups in total. The van der Waals surface area contributed by atoms with Crippen LogP contribution in [0.3, 0.4) is 0 Å². The molecule has 6 nitrogen and oxygen atoms in total. The summed E-state index contributed by atoms with van der Waals surface area (Å²) in [6.07, 6.45) is 0.618. The van der Waals surface area contributed by atoms with Gasteiger partial charge in [0.15, 0.2) is 11.5 Å². The third-order valence-corrected chi connectivity index (χ3v) is 7.07. The lowest BCUT2D eigenvalue weighted by Gasteiger charge is -2.29. The Balaban J connectivity index is 1.81. The van der Waals surface area contributed by atoms with Gasteiger partial charge in [0.1, 0.15) is 12.4 Å². The van der Waals surface area contributed by atoms with Gasteiger partial charge in [-0.05, 0) is 78.2 Å². The van der Waals surface area contributed by atoms with Crippen LogP contribution >= 0.6 is 11.3 Å². The maximum absolute atomic E-state index is 13.6. The molecule has 198 valence electrons. The van der Waals surface area contributed by atoms with Gasteiger partial charge < -0.3 is 19.3 Å². The molecule has 2 amide bonds. The fourth-order valence-electron chi connectivity index (χ4n) is 4.03. The van der Waals surface area contributed by atoms with Gasteiger partial charge in [-0.15, -0.1) is 11.3 Å². The van der Waals surface area contributed by atoms with E-state index < -0.39 is 5.82 Å². The van der Waals surface area contributed by atoms with Gasteiger partial charge in [0.25, 0.3) is 5.91 Å². The average Bonchev–Trinajstić information content (AvgIpc) is 3.29. The van der Waals surface area contributed by atoms with Crippen molar-refractivity contribution in [3.8, 4) is 11.5 Å². The van der Waals surface area contributed by atoms with E-state index in [-0.39, 0.29) is 24.3 Å². The molecule has 0 atom stereocenters. The second-order valence-electron chi connectivity index (χ2n) is 9.37. The van der Waals surface area contributed by atoms with Crippen LogP contribution in [0.25, 0.3) is 0 Å². The molecule has 1 heterocycles. The molecule has 37 heavy (non-hydrogen) atoms. The standard InChI is InChI=1S/C29H35FN2O4S/c1-20(2)17-32(29(34)23-7-9-24(30)10-8-23)19-28(33)31(18-27-21(3)13-15-37-27)14-12-22-6-11-25(35-4)26(16-22)36-5/h6-11,13,15-16,20H,12,14,17-19H2,1-5H3. The topological polar surface area (TPSA) is 59.1 Å². The smallest absolute Gasteiger partial charge is 0.254 e. The largest absolute Gasteiger partial charge is 0.493 e. The Morgan fingerprint density at radius 1 is 0.973 bits per heavy atom. The number of rotatable bonds is 12. The van der Waals surface area contributed by atoms with Gasteiger partial charge >= 0.3 is 0 Å². The number of nitrogens with zero attached hydrogens (tertiary/aromatic N) is 2. The predicted molar refractivity (Wildman–Crippen MR) is 145 cm³/mol. The summed E-state index contributed by atoms with van der Waals surface area (Å²) in [6.45, 7) is 7.35. The number of carbonyl (C=O) groups is 2. The summed E-state index contributed by atoms with van der Waals surface area (Å²) in [4.78, 5) is 31.4. The number of aryl methyl sites for hydroxylation is 1. The summed E-state index contributed by atoms with van der Waals surface area (Å²) in [6, 6.07) is 13.2. The van der Waals surface area contributed by atoms with E-state index in [1.165, 1.54) is 24.3 Å². The Kier molecular flexibility index (Phi) is 10.1. The summed E-state index contributed by atoms with van der Waals surface area (Å²) in [5.74, 6) is 0.628. The van der Waals surface area contributed by atoms with Crippen molar-refractivity contribution < 1.29 is 23.5 Å². The zero-order valence-corrected chi connectivity index (χ0v) is 22.9. The third-order valence-electron chi connectivity index (χ3n) is 6.06. The Morgan fingerprint density at radius 2 is 1.68 bits per heavy atom. The summed E-state index contributed by atoms with van der Waals surface area (Å²) < 4.78 is 24.2. The van der Waals surface area contributed by atoms with Crippen LogP contribution in [0.2, 0.25) is 0 Å². The summed E-state index contributed by atoms with van der Waals surface area (Å²) >= 11 is 1.62. The van der Waals surface area contributed by atoms with Crippen molar-refractivity contribution in [1.82, 2.24) is 9.80 Å². The fraction of sp³-hybridized carbons (Fsp3) is 0.379. The highest BCUT2D eigenvalue weighted by Gasteiger charge is 2.24. The lowest BCUT2D eigenvalue weighted by Crippen LogP contribution is -2.44. The molecule has 0 saturated carbocycles. The van der Waals surface area contributed by atoms with Crippen molar-refractivity contribution in [2.45, 2.75) is 33.7 Å². The van der Waals surface area contributed by atoms with Crippen LogP contribution in [0, 0.1) is 18.7 Å². The quantitative estimate of drug-likeness (QED) is 0.309. The zero-order valence-electron chi connectivity index (χ0n) is 22.1. The van der Waals surface area contributed by atoms with Crippen molar-refractivity contribution >= 4 is 23.2 Å². The van der Waals surface area contributed by atoms with E-state index in [4.69, 9.17) is 9.47 Å². The van der Waals surface area contributed by atoms with Gasteiger partial charge in [-0.3, -0.25) is 9.59 Å². The van der Waals surface area contributed by atoms with Crippen molar-refractivity contribution in [2.75, 3.05) is 33.9 Å². The molecule has 0 fully saturated rings. The summed E-state index contributed by atoms with van der Waals surface area (Å²) in [5, 5.41) is 2.02. The molecule has 0 aliphatic carbocycles. The lowest BCUT2D eigenvalue weighted by molar-refractivity contribution is -0.132. The van der Waals surface area contributed by atoms with Crippen LogP contribution in [-0.4, -0.2) is 55.5 Å². The number of thiophene rings is 1. The van der Waals surface area contributed by atoms with Crippen LogP contribution in [0.15, 0.2) is 53.9 Å². The van der Waals surface area contributed by atoms with E-state index >= 15 is 0 Å². The first kappa shape index (κ1) is 28.2. The van der Waals surface area contributed by atoms with E-state index in [2.05, 4.69) is 0 Å². The normalized spacial score (nSPS) is 10.9.